The molecule has 3 nitrogen and oxygen atoms in total. The van der Waals surface area contributed by atoms with Crippen molar-refractivity contribution in [2.45, 2.75) is 6.92 Å². The minimum Gasteiger partial charge on any atom is -0.347 e. The Morgan fingerprint density at radius 1 is 1.12 bits per heavy atom. The second-order valence-corrected chi connectivity index (χ2v) is 4.40. The molecule has 0 amide bonds. The lowest BCUT2D eigenvalue weighted by atomic mass is 10.1. The van der Waals surface area contributed by atoms with Gasteiger partial charge in [0.2, 0.25) is 0 Å². The predicted molar refractivity (Wildman–Crippen MR) is 69.9 cm³/mol. The third-order valence-electron chi connectivity index (χ3n) is 3.44. The fraction of sp³-hybridized carbons (Fsp3) is 0.214. The summed E-state index contributed by atoms with van der Waals surface area (Å²) in [6, 6.07) is 8.46. The van der Waals surface area contributed by atoms with E-state index in [1.54, 1.807) is 0 Å². The van der Waals surface area contributed by atoms with Crippen molar-refractivity contribution in [2.75, 3.05) is 0 Å². The summed E-state index contributed by atoms with van der Waals surface area (Å²) in [4.78, 5) is 4.46. The van der Waals surface area contributed by atoms with Crippen LogP contribution in [0.3, 0.4) is 0 Å². The molecule has 0 spiro atoms. The number of hydrogen-bond donors (Lipinski definition) is 0. The number of rotatable bonds is 1. The van der Waals surface area contributed by atoms with Crippen molar-refractivity contribution in [1.29, 1.82) is 0 Å². The molecule has 0 fully saturated rings. The van der Waals surface area contributed by atoms with E-state index in [9.17, 15) is 0 Å². The summed E-state index contributed by atoms with van der Waals surface area (Å²) >= 11 is 0. The zero-order chi connectivity index (χ0) is 12.0. The Morgan fingerprint density at radius 3 is 2.59 bits per heavy atom. The van der Waals surface area contributed by atoms with Gasteiger partial charge in [-0.15, -0.1) is 0 Å². The summed E-state index contributed by atoms with van der Waals surface area (Å²) in [5.41, 5.74) is 3.74. The summed E-state index contributed by atoms with van der Waals surface area (Å²) in [7, 11) is 4.13. The Kier molecular flexibility index (Phi) is 2.08. The fourth-order valence-electron chi connectivity index (χ4n) is 2.41. The van der Waals surface area contributed by atoms with E-state index in [0.717, 1.165) is 5.82 Å². The predicted octanol–water partition coefficient (Wildman–Crippen LogP) is 2.89. The van der Waals surface area contributed by atoms with Gasteiger partial charge in [0.05, 0.1) is 0 Å². The minimum atomic E-state index is 1.03. The Balaban J connectivity index is 2.45. The molecule has 0 radical (unpaired) electrons. The highest BCUT2D eigenvalue weighted by atomic mass is 15.0. The van der Waals surface area contributed by atoms with Gasteiger partial charge in [-0.05, 0) is 13.0 Å². The summed E-state index contributed by atoms with van der Waals surface area (Å²) in [5.74, 6) is 1.03. The molecule has 3 heteroatoms. The van der Waals surface area contributed by atoms with Crippen LogP contribution in [0.25, 0.3) is 22.3 Å². The van der Waals surface area contributed by atoms with Gasteiger partial charge in [-0.25, -0.2) is 4.98 Å². The van der Waals surface area contributed by atoms with Gasteiger partial charge in [-0.3, -0.25) is 0 Å². The monoisotopic (exact) mass is 225 g/mol. The maximum absolute atomic E-state index is 4.46. The minimum absolute atomic E-state index is 1.03. The molecule has 86 valence electrons. The van der Waals surface area contributed by atoms with Gasteiger partial charge in [-0.2, -0.15) is 0 Å². The SMILES string of the molecule is Cc1c(-c2nccn2C)c2ccccc2n1C. The van der Waals surface area contributed by atoms with E-state index >= 15 is 0 Å². The lowest BCUT2D eigenvalue weighted by Crippen LogP contribution is -1.94. The van der Waals surface area contributed by atoms with Crippen molar-refractivity contribution in [3.05, 3.63) is 42.4 Å². The van der Waals surface area contributed by atoms with Crippen LogP contribution in [-0.2, 0) is 14.1 Å². The number of fused-ring (bicyclic) bond motifs is 1. The van der Waals surface area contributed by atoms with Crippen LogP contribution in [0.4, 0.5) is 0 Å². The fourth-order valence-corrected chi connectivity index (χ4v) is 2.41. The molecule has 0 saturated carbocycles. The normalized spacial score (nSPS) is 11.2. The van der Waals surface area contributed by atoms with E-state index in [4.69, 9.17) is 0 Å². The number of hydrogen-bond acceptors (Lipinski definition) is 1. The number of benzene rings is 1. The first-order valence-electron chi connectivity index (χ1n) is 5.72. The van der Waals surface area contributed by atoms with E-state index in [0.29, 0.717) is 0 Å². The maximum atomic E-state index is 4.46. The number of para-hydroxylation sites is 1. The highest BCUT2D eigenvalue weighted by Gasteiger charge is 2.15. The van der Waals surface area contributed by atoms with Crippen molar-refractivity contribution in [2.24, 2.45) is 14.1 Å². The molecular formula is C14H15N3. The average molecular weight is 225 g/mol. The number of nitrogens with zero attached hydrogens (tertiary/aromatic N) is 3. The molecule has 0 N–H and O–H groups in total. The molecule has 17 heavy (non-hydrogen) atoms. The molecule has 2 heterocycles. The number of aromatic nitrogens is 3. The van der Waals surface area contributed by atoms with Gasteiger partial charge in [0.1, 0.15) is 5.82 Å². The van der Waals surface area contributed by atoms with Gasteiger partial charge in [0, 0.05) is 48.6 Å². The van der Waals surface area contributed by atoms with Crippen LogP contribution >= 0.6 is 0 Å². The Labute approximate surface area is 100 Å². The Morgan fingerprint density at radius 2 is 1.88 bits per heavy atom. The van der Waals surface area contributed by atoms with Crippen molar-refractivity contribution in [3.8, 4) is 11.4 Å². The van der Waals surface area contributed by atoms with Gasteiger partial charge in [0.25, 0.3) is 0 Å². The van der Waals surface area contributed by atoms with E-state index in [1.165, 1.54) is 22.2 Å². The van der Waals surface area contributed by atoms with Crippen LogP contribution in [-0.4, -0.2) is 14.1 Å². The molecule has 0 saturated heterocycles. The van der Waals surface area contributed by atoms with Crippen LogP contribution in [0.5, 0.6) is 0 Å². The molecule has 0 unspecified atom stereocenters. The standard InChI is InChI=1S/C14H15N3/c1-10-13(14-15-8-9-16(14)2)11-6-4-5-7-12(11)17(10)3/h4-9H,1-3H3. The molecule has 3 rings (SSSR count). The largest absolute Gasteiger partial charge is 0.347 e. The molecular weight excluding hydrogens is 210 g/mol. The molecule has 0 aliphatic heterocycles. The average Bonchev–Trinajstić information content (AvgIpc) is 2.84. The summed E-state index contributed by atoms with van der Waals surface area (Å²) in [5, 5.41) is 1.27. The number of imidazole rings is 1. The van der Waals surface area contributed by atoms with Gasteiger partial charge in [-0.1, -0.05) is 18.2 Å². The molecule has 1 aromatic carbocycles. The molecule has 0 atom stereocenters. The van der Waals surface area contributed by atoms with Crippen LogP contribution in [0.1, 0.15) is 5.69 Å². The van der Waals surface area contributed by atoms with Gasteiger partial charge in [0.15, 0.2) is 0 Å². The quantitative estimate of drug-likeness (QED) is 0.624. The van der Waals surface area contributed by atoms with Gasteiger partial charge < -0.3 is 9.13 Å². The zero-order valence-corrected chi connectivity index (χ0v) is 10.3. The summed E-state index contributed by atoms with van der Waals surface area (Å²) in [6.07, 6.45) is 3.83. The van der Waals surface area contributed by atoms with Crippen molar-refractivity contribution in [3.63, 3.8) is 0 Å². The Bertz CT molecular complexity index is 689. The topological polar surface area (TPSA) is 22.8 Å². The summed E-state index contributed by atoms with van der Waals surface area (Å²) in [6.45, 7) is 2.14. The third kappa shape index (κ3) is 1.32. The second-order valence-electron chi connectivity index (χ2n) is 4.40. The highest BCUT2D eigenvalue weighted by molar-refractivity contribution is 5.96. The van der Waals surface area contributed by atoms with Gasteiger partial charge >= 0.3 is 0 Å². The van der Waals surface area contributed by atoms with Crippen molar-refractivity contribution >= 4 is 10.9 Å². The first kappa shape index (κ1) is 10.1. The third-order valence-corrected chi connectivity index (χ3v) is 3.44. The summed E-state index contributed by atoms with van der Waals surface area (Å²) < 4.78 is 4.29. The van der Waals surface area contributed by atoms with Crippen LogP contribution in [0.2, 0.25) is 0 Å². The molecule has 3 aromatic rings. The van der Waals surface area contributed by atoms with E-state index in [1.807, 2.05) is 19.4 Å². The molecule has 0 bridgehead atoms. The Hall–Kier alpha value is -2.03. The van der Waals surface area contributed by atoms with E-state index in [-0.39, 0.29) is 0 Å². The van der Waals surface area contributed by atoms with Crippen molar-refractivity contribution < 1.29 is 0 Å². The van der Waals surface area contributed by atoms with E-state index < -0.39 is 0 Å². The maximum Gasteiger partial charge on any atom is 0.142 e. The first-order chi connectivity index (χ1) is 8.20. The van der Waals surface area contributed by atoms with Crippen LogP contribution in [0.15, 0.2) is 36.7 Å². The first-order valence-corrected chi connectivity index (χ1v) is 5.72. The second kappa shape index (κ2) is 3.48. The molecule has 0 aliphatic carbocycles. The number of aryl methyl sites for hydroxylation is 2. The molecule has 2 aromatic heterocycles. The zero-order valence-electron chi connectivity index (χ0n) is 10.3. The lowest BCUT2D eigenvalue weighted by Gasteiger charge is -2.02. The molecule has 0 aliphatic rings. The van der Waals surface area contributed by atoms with E-state index in [2.05, 4.69) is 52.4 Å². The van der Waals surface area contributed by atoms with Crippen molar-refractivity contribution in [1.82, 2.24) is 14.1 Å². The van der Waals surface area contributed by atoms with Crippen LogP contribution in [0, 0.1) is 6.92 Å². The smallest absolute Gasteiger partial charge is 0.142 e. The highest BCUT2D eigenvalue weighted by Crippen LogP contribution is 2.32. The lowest BCUT2D eigenvalue weighted by molar-refractivity contribution is 0.899. The van der Waals surface area contributed by atoms with Crippen LogP contribution < -0.4 is 0 Å².